The molecule has 2 N–H and O–H groups in total. The van der Waals surface area contributed by atoms with Crippen molar-refractivity contribution in [3.05, 3.63) is 43.7 Å². The molecule has 0 fully saturated rings. The highest BCUT2D eigenvalue weighted by atomic mass is 79.9. The summed E-state index contributed by atoms with van der Waals surface area (Å²) in [6.45, 7) is 1.91. The van der Waals surface area contributed by atoms with Gasteiger partial charge in [-0.3, -0.25) is 5.32 Å². The molecule has 1 rings (SSSR count). The van der Waals surface area contributed by atoms with Crippen molar-refractivity contribution in [3.8, 4) is 0 Å². The number of benzene rings is 1. The molecule has 0 radical (unpaired) electrons. The van der Waals surface area contributed by atoms with E-state index < -0.39 is 11.5 Å². The average Bonchev–Trinajstić information content (AvgIpc) is 2.34. The monoisotopic (exact) mass is 346 g/mol. The largest absolute Gasteiger partial charge is 0.480 e. The van der Waals surface area contributed by atoms with Crippen LogP contribution in [0.4, 0.5) is 0 Å². The summed E-state index contributed by atoms with van der Waals surface area (Å²) in [6.07, 6.45) is 0. The van der Waals surface area contributed by atoms with Crippen LogP contribution < -0.4 is 5.32 Å². The molecule has 1 aromatic carbocycles. The standard InChI is InChI=1S/C11H12BrClN4O2/c1-11(10(18)19,15-4-5-16-17-14)8-3-2-7(12)6-9(8)13/h2-3,6,15H,4-5H2,1H3,(H,18,19). The second kappa shape index (κ2) is 6.77. The minimum absolute atomic E-state index is 0.160. The van der Waals surface area contributed by atoms with Crippen molar-refractivity contribution in [2.75, 3.05) is 13.1 Å². The molecule has 6 nitrogen and oxygen atoms in total. The highest BCUT2D eigenvalue weighted by Crippen LogP contribution is 2.30. The van der Waals surface area contributed by atoms with Gasteiger partial charge in [-0.2, -0.15) is 0 Å². The molecule has 0 aliphatic carbocycles. The second-order valence-corrected chi connectivity index (χ2v) is 5.26. The third-order valence-electron chi connectivity index (χ3n) is 2.65. The van der Waals surface area contributed by atoms with E-state index in [1.807, 2.05) is 0 Å². The Kier molecular flexibility index (Phi) is 5.62. The number of hydrogen-bond donors (Lipinski definition) is 2. The van der Waals surface area contributed by atoms with Gasteiger partial charge in [0.2, 0.25) is 0 Å². The van der Waals surface area contributed by atoms with Gasteiger partial charge in [-0.1, -0.05) is 38.7 Å². The molecule has 102 valence electrons. The number of aliphatic carboxylic acids is 1. The molecule has 0 aliphatic heterocycles. The lowest BCUT2D eigenvalue weighted by atomic mass is 9.92. The van der Waals surface area contributed by atoms with Crippen molar-refractivity contribution < 1.29 is 9.90 Å². The maximum Gasteiger partial charge on any atom is 0.328 e. The number of carboxylic acid groups (broad SMARTS) is 1. The fourth-order valence-electron chi connectivity index (χ4n) is 1.58. The van der Waals surface area contributed by atoms with Gasteiger partial charge in [-0.15, -0.1) is 0 Å². The third-order valence-corrected chi connectivity index (χ3v) is 3.46. The van der Waals surface area contributed by atoms with Crippen LogP contribution in [-0.2, 0) is 10.3 Å². The third kappa shape index (κ3) is 3.84. The number of carbonyl (C=O) groups is 1. The summed E-state index contributed by atoms with van der Waals surface area (Å²) in [5, 5.41) is 15.9. The van der Waals surface area contributed by atoms with Gasteiger partial charge in [0.15, 0.2) is 0 Å². The van der Waals surface area contributed by atoms with E-state index in [-0.39, 0.29) is 13.1 Å². The van der Waals surface area contributed by atoms with Crippen LogP contribution in [0.1, 0.15) is 12.5 Å². The molecule has 0 heterocycles. The van der Waals surface area contributed by atoms with E-state index in [2.05, 4.69) is 31.3 Å². The summed E-state index contributed by atoms with van der Waals surface area (Å²) in [4.78, 5) is 14.1. The number of nitrogens with zero attached hydrogens (tertiary/aromatic N) is 3. The Morgan fingerprint density at radius 1 is 1.68 bits per heavy atom. The fourth-order valence-corrected chi connectivity index (χ4v) is 2.44. The molecule has 1 atom stereocenters. The first-order chi connectivity index (χ1) is 8.91. The predicted octanol–water partition coefficient (Wildman–Crippen LogP) is 3.30. The fraction of sp³-hybridized carbons (Fsp3) is 0.364. The quantitative estimate of drug-likeness (QED) is 0.357. The molecule has 0 aromatic heterocycles. The number of hydrogen-bond acceptors (Lipinski definition) is 3. The molecular formula is C11H12BrClN4O2. The first-order valence-electron chi connectivity index (χ1n) is 5.36. The van der Waals surface area contributed by atoms with Gasteiger partial charge in [-0.25, -0.2) is 4.79 Å². The Labute approximate surface area is 123 Å². The summed E-state index contributed by atoms with van der Waals surface area (Å²) < 4.78 is 0.767. The molecule has 8 heteroatoms. The molecule has 0 saturated heterocycles. The lowest BCUT2D eigenvalue weighted by Crippen LogP contribution is -2.47. The van der Waals surface area contributed by atoms with Crippen LogP contribution in [0.3, 0.4) is 0 Å². The second-order valence-electron chi connectivity index (χ2n) is 3.94. The molecule has 1 aromatic rings. The van der Waals surface area contributed by atoms with Gasteiger partial charge in [-0.05, 0) is 24.6 Å². The Morgan fingerprint density at radius 2 is 2.37 bits per heavy atom. The van der Waals surface area contributed by atoms with E-state index in [1.54, 1.807) is 18.2 Å². The molecule has 0 spiro atoms. The maximum absolute atomic E-state index is 11.5. The molecule has 19 heavy (non-hydrogen) atoms. The van der Waals surface area contributed by atoms with Gasteiger partial charge in [0.1, 0.15) is 5.54 Å². The maximum atomic E-state index is 11.5. The van der Waals surface area contributed by atoms with E-state index in [9.17, 15) is 9.90 Å². The van der Waals surface area contributed by atoms with Crippen LogP contribution in [0.2, 0.25) is 5.02 Å². The molecular weight excluding hydrogens is 336 g/mol. The van der Waals surface area contributed by atoms with Crippen molar-refractivity contribution >= 4 is 33.5 Å². The first kappa shape index (κ1) is 15.8. The van der Waals surface area contributed by atoms with Gasteiger partial charge < -0.3 is 5.11 Å². The van der Waals surface area contributed by atoms with Gasteiger partial charge >= 0.3 is 5.97 Å². The number of carboxylic acids is 1. The number of nitrogens with one attached hydrogen (secondary N) is 1. The predicted molar refractivity (Wildman–Crippen MR) is 76.2 cm³/mol. The summed E-state index contributed by atoms with van der Waals surface area (Å²) >= 11 is 9.35. The van der Waals surface area contributed by atoms with Crippen molar-refractivity contribution in [3.63, 3.8) is 0 Å². The van der Waals surface area contributed by atoms with Crippen molar-refractivity contribution in [1.29, 1.82) is 0 Å². The minimum Gasteiger partial charge on any atom is -0.480 e. The highest BCUT2D eigenvalue weighted by molar-refractivity contribution is 9.10. The van der Waals surface area contributed by atoms with Crippen LogP contribution in [0, 0.1) is 0 Å². The Balaban J connectivity index is 3.04. The van der Waals surface area contributed by atoms with E-state index >= 15 is 0 Å². The molecule has 1 unspecified atom stereocenters. The normalized spacial score (nSPS) is 13.4. The van der Waals surface area contributed by atoms with E-state index in [4.69, 9.17) is 17.1 Å². The average molecular weight is 348 g/mol. The van der Waals surface area contributed by atoms with Crippen molar-refractivity contribution in [1.82, 2.24) is 5.32 Å². The van der Waals surface area contributed by atoms with Gasteiger partial charge in [0.25, 0.3) is 0 Å². The van der Waals surface area contributed by atoms with Gasteiger partial charge in [0, 0.05) is 33.1 Å². The Morgan fingerprint density at radius 3 is 2.89 bits per heavy atom. The zero-order valence-corrected chi connectivity index (χ0v) is 12.4. The topological polar surface area (TPSA) is 98.1 Å². The van der Waals surface area contributed by atoms with E-state index in [1.165, 1.54) is 6.92 Å². The summed E-state index contributed by atoms with van der Waals surface area (Å²) in [5.41, 5.74) is 7.29. The van der Waals surface area contributed by atoms with Crippen LogP contribution >= 0.6 is 27.5 Å². The van der Waals surface area contributed by atoms with Crippen LogP contribution in [0.5, 0.6) is 0 Å². The highest BCUT2D eigenvalue weighted by Gasteiger charge is 2.36. The zero-order valence-electron chi connectivity index (χ0n) is 10.1. The molecule has 0 aliphatic rings. The van der Waals surface area contributed by atoms with Crippen LogP contribution in [0.25, 0.3) is 10.4 Å². The summed E-state index contributed by atoms with van der Waals surface area (Å²) in [5.74, 6) is -1.06. The summed E-state index contributed by atoms with van der Waals surface area (Å²) in [7, 11) is 0. The van der Waals surface area contributed by atoms with Crippen molar-refractivity contribution in [2.24, 2.45) is 5.11 Å². The lowest BCUT2D eigenvalue weighted by Gasteiger charge is -2.27. The van der Waals surface area contributed by atoms with E-state index in [0.717, 1.165) is 4.47 Å². The Bertz CT molecular complexity index is 533. The smallest absolute Gasteiger partial charge is 0.328 e. The zero-order chi connectivity index (χ0) is 14.5. The molecule has 0 bridgehead atoms. The number of halogens is 2. The molecule has 0 saturated carbocycles. The van der Waals surface area contributed by atoms with Crippen molar-refractivity contribution in [2.45, 2.75) is 12.5 Å². The van der Waals surface area contributed by atoms with Crippen LogP contribution in [-0.4, -0.2) is 24.2 Å². The van der Waals surface area contributed by atoms with E-state index in [0.29, 0.717) is 10.6 Å². The molecule has 0 amide bonds. The summed E-state index contributed by atoms with van der Waals surface area (Å²) in [6, 6.07) is 4.99. The van der Waals surface area contributed by atoms with Crippen LogP contribution in [0.15, 0.2) is 27.8 Å². The minimum atomic E-state index is -1.34. The first-order valence-corrected chi connectivity index (χ1v) is 6.53. The number of rotatable bonds is 6. The Hall–Kier alpha value is -1.27. The lowest BCUT2D eigenvalue weighted by molar-refractivity contribution is -0.144. The number of azide groups is 1. The SMILES string of the molecule is CC(NCCN=[N+]=[N-])(C(=O)O)c1ccc(Br)cc1Cl. The van der Waals surface area contributed by atoms with Gasteiger partial charge in [0.05, 0.1) is 0 Å².